The fraction of sp³-hybridized carbons (Fsp3) is 0.0769. The summed E-state index contributed by atoms with van der Waals surface area (Å²) < 4.78 is 0. The predicted molar refractivity (Wildman–Crippen MR) is 66.5 cm³/mol. The lowest BCUT2D eigenvalue weighted by atomic mass is 10.1. The lowest BCUT2D eigenvalue weighted by molar-refractivity contribution is 1.27. The van der Waals surface area contributed by atoms with Crippen molar-refractivity contribution in [3.8, 4) is 0 Å². The second kappa shape index (κ2) is 7.34. The molecule has 1 aromatic carbocycles. The molecule has 72 valence electrons. The standard InChI is InChI=1S/C13H13Br/c14-12-8-3-1-2-5-9-13-10-6-4-7-11-13/h1-8,10-12H,9H2/b3-1+,5-2+,12-8-. The minimum atomic E-state index is 0.989. The molecule has 0 amide bonds. The number of allylic oxidation sites excluding steroid dienone is 5. The average molecular weight is 249 g/mol. The lowest BCUT2D eigenvalue weighted by Gasteiger charge is -1.92. The maximum Gasteiger partial charge on any atom is -0.00943 e. The summed E-state index contributed by atoms with van der Waals surface area (Å²) in [5.41, 5.74) is 1.34. The van der Waals surface area contributed by atoms with Crippen molar-refractivity contribution >= 4 is 15.9 Å². The molecule has 0 aliphatic rings. The summed E-state index contributed by atoms with van der Waals surface area (Å²) in [6.45, 7) is 0. The van der Waals surface area contributed by atoms with Gasteiger partial charge in [0.15, 0.2) is 0 Å². The summed E-state index contributed by atoms with van der Waals surface area (Å²) in [6, 6.07) is 10.4. The van der Waals surface area contributed by atoms with Crippen LogP contribution in [0.1, 0.15) is 5.56 Å². The smallest absolute Gasteiger partial charge is 0.00943 e. The zero-order valence-electron chi connectivity index (χ0n) is 7.94. The molecule has 0 spiro atoms. The molecule has 0 aliphatic carbocycles. The van der Waals surface area contributed by atoms with Crippen LogP contribution >= 0.6 is 15.9 Å². The van der Waals surface area contributed by atoms with Gasteiger partial charge in [0.05, 0.1) is 0 Å². The van der Waals surface area contributed by atoms with Gasteiger partial charge < -0.3 is 0 Å². The Morgan fingerprint density at radius 2 is 1.64 bits per heavy atom. The van der Waals surface area contributed by atoms with E-state index in [4.69, 9.17) is 0 Å². The molecule has 0 N–H and O–H groups in total. The molecule has 0 aliphatic heterocycles. The van der Waals surface area contributed by atoms with Gasteiger partial charge in [0.2, 0.25) is 0 Å². The Hall–Kier alpha value is -1.08. The van der Waals surface area contributed by atoms with Crippen LogP contribution in [-0.4, -0.2) is 0 Å². The van der Waals surface area contributed by atoms with E-state index < -0.39 is 0 Å². The Morgan fingerprint density at radius 3 is 2.36 bits per heavy atom. The van der Waals surface area contributed by atoms with Crippen LogP contribution in [0.15, 0.2) is 65.7 Å². The monoisotopic (exact) mass is 248 g/mol. The summed E-state index contributed by atoms with van der Waals surface area (Å²) in [4.78, 5) is 1.83. The van der Waals surface area contributed by atoms with Crippen molar-refractivity contribution < 1.29 is 0 Å². The minimum Gasteiger partial charge on any atom is -0.0801 e. The summed E-state index contributed by atoms with van der Waals surface area (Å²) in [5.74, 6) is 0. The molecule has 0 unspecified atom stereocenters. The number of hydrogen-bond donors (Lipinski definition) is 0. The molecule has 1 heteroatoms. The lowest BCUT2D eigenvalue weighted by Crippen LogP contribution is -1.77. The fourth-order valence-electron chi connectivity index (χ4n) is 1.07. The van der Waals surface area contributed by atoms with Crippen LogP contribution in [0, 0.1) is 0 Å². The van der Waals surface area contributed by atoms with Crippen LogP contribution in [0.3, 0.4) is 0 Å². The molecule has 1 rings (SSSR count). The molecule has 14 heavy (non-hydrogen) atoms. The first-order chi connectivity index (χ1) is 6.93. The largest absolute Gasteiger partial charge is 0.0801 e. The third-order valence-corrected chi connectivity index (χ3v) is 2.04. The molecule has 0 saturated carbocycles. The van der Waals surface area contributed by atoms with Gasteiger partial charge >= 0.3 is 0 Å². The van der Waals surface area contributed by atoms with Gasteiger partial charge in [0.1, 0.15) is 0 Å². The molecular formula is C13H13Br. The second-order valence-corrected chi connectivity index (χ2v) is 3.35. The summed E-state index contributed by atoms with van der Waals surface area (Å²) in [7, 11) is 0. The highest BCUT2D eigenvalue weighted by molar-refractivity contribution is 9.11. The Morgan fingerprint density at radius 1 is 0.929 bits per heavy atom. The summed E-state index contributed by atoms with van der Waals surface area (Å²) in [6.07, 6.45) is 11.1. The molecule has 0 nitrogen and oxygen atoms in total. The Labute approximate surface area is 93.8 Å². The number of halogens is 1. The topological polar surface area (TPSA) is 0 Å². The number of benzene rings is 1. The van der Waals surface area contributed by atoms with Gasteiger partial charge in [-0.15, -0.1) is 0 Å². The van der Waals surface area contributed by atoms with Crippen LogP contribution in [0.4, 0.5) is 0 Å². The SMILES string of the molecule is Br\C=C/C=C/C=C/Cc1ccccc1. The molecule has 0 radical (unpaired) electrons. The molecule has 0 saturated heterocycles. The molecule has 0 aromatic heterocycles. The van der Waals surface area contributed by atoms with Crippen molar-refractivity contribution in [3.63, 3.8) is 0 Å². The van der Waals surface area contributed by atoms with Gasteiger partial charge in [-0.1, -0.05) is 76.6 Å². The van der Waals surface area contributed by atoms with Gasteiger partial charge in [-0.3, -0.25) is 0 Å². The molecule has 0 heterocycles. The van der Waals surface area contributed by atoms with E-state index in [2.05, 4.69) is 52.3 Å². The first kappa shape index (κ1) is 11.0. The zero-order chi connectivity index (χ0) is 10.1. The summed E-state index contributed by atoms with van der Waals surface area (Å²) >= 11 is 3.20. The second-order valence-electron chi connectivity index (χ2n) is 2.82. The van der Waals surface area contributed by atoms with Crippen molar-refractivity contribution in [3.05, 3.63) is 71.3 Å². The predicted octanol–water partition coefficient (Wildman–Crippen LogP) is 4.25. The van der Waals surface area contributed by atoms with E-state index in [1.807, 2.05) is 29.3 Å². The maximum atomic E-state index is 3.20. The number of hydrogen-bond acceptors (Lipinski definition) is 0. The van der Waals surface area contributed by atoms with E-state index in [-0.39, 0.29) is 0 Å². The van der Waals surface area contributed by atoms with Gasteiger partial charge in [-0.2, -0.15) is 0 Å². The highest BCUT2D eigenvalue weighted by Gasteiger charge is 1.83. The Balaban J connectivity index is 2.34. The number of rotatable bonds is 4. The normalized spacial score (nSPS) is 12.1. The first-order valence-corrected chi connectivity index (χ1v) is 5.47. The van der Waals surface area contributed by atoms with Crippen LogP contribution in [0.25, 0.3) is 0 Å². The van der Waals surface area contributed by atoms with Crippen molar-refractivity contribution in [2.45, 2.75) is 6.42 Å². The fourth-order valence-corrected chi connectivity index (χ4v) is 1.24. The van der Waals surface area contributed by atoms with Crippen molar-refractivity contribution in [1.82, 2.24) is 0 Å². The average Bonchev–Trinajstić information content (AvgIpc) is 2.25. The molecule has 0 atom stereocenters. The zero-order valence-corrected chi connectivity index (χ0v) is 9.52. The van der Waals surface area contributed by atoms with Crippen LogP contribution in [-0.2, 0) is 6.42 Å². The van der Waals surface area contributed by atoms with Crippen LogP contribution in [0.2, 0.25) is 0 Å². The summed E-state index contributed by atoms with van der Waals surface area (Å²) in [5, 5.41) is 0. The van der Waals surface area contributed by atoms with E-state index in [0.717, 1.165) is 6.42 Å². The van der Waals surface area contributed by atoms with Crippen molar-refractivity contribution in [2.24, 2.45) is 0 Å². The van der Waals surface area contributed by atoms with Crippen molar-refractivity contribution in [2.75, 3.05) is 0 Å². The van der Waals surface area contributed by atoms with E-state index in [0.29, 0.717) is 0 Å². The Bertz CT molecular complexity index is 320. The van der Waals surface area contributed by atoms with E-state index in [9.17, 15) is 0 Å². The van der Waals surface area contributed by atoms with E-state index >= 15 is 0 Å². The molecule has 0 bridgehead atoms. The molecule has 1 aromatic rings. The van der Waals surface area contributed by atoms with E-state index in [1.54, 1.807) is 0 Å². The van der Waals surface area contributed by atoms with Crippen molar-refractivity contribution in [1.29, 1.82) is 0 Å². The van der Waals surface area contributed by atoms with Gasteiger partial charge in [0, 0.05) is 0 Å². The van der Waals surface area contributed by atoms with Gasteiger partial charge in [-0.25, -0.2) is 0 Å². The third kappa shape index (κ3) is 4.83. The van der Waals surface area contributed by atoms with Gasteiger partial charge in [0.25, 0.3) is 0 Å². The minimum absolute atomic E-state index is 0.989. The highest BCUT2D eigenvalue weighted by Crippen LogP contribution is 1.99. The Kier molecular flexibility index (Phi) is 5.76. The first-order valence-electron chi connectivity index (χ1n) is 4.56. The third-order valence-electron chi connectivity index (χ3n) is 1.74. The van der Waals surface area contributed by atoms with Gasteiger partial charge in [-0.05, 0) is 17.0 Å². The maximum absolute atomic E-state index is 3.20. The van der Waals surface area contributed by atoms with Crippen LogP contribution in [0.5, 0.6) is 0 Å². The molecule has 0 fully saturated rings. The molecular weight excluding hydrogens is 236 g/mol. The van der Waals surface area contributed by atoms with E-state index in [1.165, 1.54) is 5.56 Å². The van der Waals surface area contributed by atoms with Crippen LogP contribution < -0.4 is 0 Å². The highest BCUT2D eigenvalue weighted by atomic mass is 79.9. The quantitative estimate of drug-likeness (QED) is 0.700.